The van der Waals surface area contributed by atoms with Crippen molar-refractivity contribution in [2.75, 3.05) is 0 Å². The Balaban J connectivity index is 1.35. The number of carbonyl (C=O) groups excluding carboxylic acids is 1. The number of carbonyl (C=O) groups is 1. The predicted octanol–water partition coefficient (Wildman–Crippen LogP) is 5.41. The fraction of sp³-hybridized carbons (Fsp3) is 0.714. The monoisotopic (exact) mass is 419 g/mol. The van der Waals surface area contributed by atoms with Crippen LogP contribution in [0.15, 0.2) is 24.5 Å². The first-order valence-electron chi connectivity index (χ1n) is 12.4. The average molecular weight is 420 g/mol. The molecule has 4 fully saturated rings. The minimum Gasteiger partial charge on any atom is -0.378 e. The third kappa shape index (κ3) is 3.37. The summed E-state index contributed by atoms with van der Waals surface area (Å²) in [7, 11) is 0. The molecule has 166 valence electrons. The minimum atomic E-state index is -0.872. The van der Waals surface area contributed by atoms with Gasteiger partial charge in [0.25, 0.3) is 0 Å². The maximum Gasteiger partial charge on any atom is 0.133 e. The number of fused-ring (bicyclic) bond motifs is 5. The number of aliphatic hydroxyl groups is 1. The van der Waals surface area contributed by atoms with Gasteiger partial charge >= 0.3 is 0 Å². The summed E-state index contributed by atoms with van der Waals surface area (Å²) in [4.78, 5) is 16.5. The van der Waals surface area contributed by atoms with Crippen LogP contribution in [-0.4, -0.2) is 21.5 Å². The molecule has 1 N–H and O–H groups in total. The first-order valence-corrected chi connectivity index (χ1v) is 12.4. The lowest BCUT2D eigenvalue weighted by Gasteiger charge is -2.61. The highest BCUT2D eigenvalue weighted by Crippen LogP contribution is 2.68. The summed E-state index contributed by atoms with van der Waals surface area (Å²) < 4.78 is 0. The van der Waals surface area contributed by atoms with Gasteiger partial charge in [-0.2, -0.15) is 0 Å². The molecule has 0 spiro atoms. The van der Waals surface area contributed by atoms with Gasteiger partial charge in [0.2, 0.25) is 0 Å². The smallest absolute Gasteiger partial charge is 0.133 e. The zero-order valence-corrected chi connectivity index (χ0v) is 19.4. The van der Waals surface area contributed by atoms with Gasteiger partial charge < -0.3 is 5.11 Å². The van der Waals surface area contributed by atoms with Crippen LogP contribution in [0.25, 0.3) is 0 Å². The molecule has 1 heterocycles. The summed E-state index contributed by atoms with van der Waals surface area (Å²) in [6, 6.07) is 3.85. The van der Waals surface area contributed by atoms with E-state index in [2.05, 4.69) is 30.7 Å². The van der Waals surface area contributed by atoms with Gasteiger partial charge in [0.15, 0.2) is 0 Å². The molecule has 4 saturated carbocycles. The lowest BCUT2D eigenvalue weighted by molar-refractivity contribution is -0.144. The van der Waals surface area contributed by atoms with Crippen LogP contribution in [0.5, 0.6) is 0 Å². The van der Waals surface area contributed by atoms with Crippen molar-refractivity contribution in [1.29, 1.82) is 0 Å². The van der Waals surface area contributed by atoms with E-state index in [9.17, 15) is 9.90 Å². The van der Waals surface area contributed by atoms with Gasteiger partial charge in [0, 0.05) is 23.9 Å². The topological polar surface area (TPSA) is 50.2 Å². The highest BCUT2D eigenvalue weighted by atomic mass is 16.3. The summed E-state index contributed by atoms with van der Waals surface area (Å²) >= 11 is 0. The molecule has 3 heteroatoms. The van der Waals surface area contributed by atoms with Crippen molar-refractivity contribution >= 4 is 5.78 Å². The highest BCUT2D eigenvalue weighted by molar-refractivity contribution is 5.79. The number of nitrogens with zero attached hydrogens (tertiary/aromatic N) is 1. The molecule has 0 saturated heterocycles. The first-order chi connectivity index (χ1) is 14.8. The Morgan fingerprint density at radius 3 is 2.61 bits per heavy atom. The molecule has 8 atom stereocenters. The lowest BCUT2D eigenvalue weighted by Crippen LogP contribution is -2.56. The second kappa shape index (κ2) is 7.45. The Morgan fingerprint density at radius 2 is 1.87 bits per heavy atom. The summed E-state index contributed by atoms with van der Waals surface area (Å²) in [5.41, 5.74) is 0.533. The van der Waals surface area contributed by atoms with E-state index >= 15 is 0 Å². The fourth-order valence-corrected chi connectivity index (χ4v) is 8.65. The van der Waals surface area contributed by atoms with Crippen molar-refractivity contribution in [3.05, 3.63) is 30.1 Å². The summed E-state index contributed by atoms with van der Waals surface area (Å²) in [6.45, 7) is 6.76. The number of hydrogen-bond acceptors (Lipinski definition) is 3. The molecular formula is C28H37NO2. The number of pyridine rings is 1. The third-order valence-electron chi connectivity index (χ3n) is 10.3. The number of ketones is 1. The molecule has 0 amide bonds. The maximum atomic E-state index is 12.3. The quantitative estimate of drug-likeness (QED) is 0.619. The number of aromatic nitrogens is 1. The second-order valence-corrected chi connectivity index (χ2v) is 11.7. The van der Waals surface area contributed by atoms with E-state index in [0.717, 1.165) is 43.1 Å². The Bertz CT molecular complexity index is 916. The van der Waals surface area contributed by atoms with Gasteiger partial charge in [0.05, 0.1) is 0 Å². The van der Waals surface area contributed by atoms with Gasteiger partial charge in [-0.3, -0.25) is 9.78 Å². The molecule has 2 unspecified atom stereocenters. The van der Waals surface area contributed by atoms with Crippen molar-refractivity contribution in [3.8, 4) is 11.8 Å². The lowest BCUT2D eigenvalue weighted by atomic mass is 9.44. The first kappa shape index (κ1) is 21.2. The SMILES string of the molecule is CC(=O)[C@H]1CC[C@H]2[C@@H]3CCC4CC(O)(C#Cc5cccnc5)CC[C@]4(C)[C@H]3CC[C@]12C. The van der Waals surface area contributed by atoms with Crippen LogP contribution in [0.3, 0.4) is 0 Å². The number of rotatable bonds is 1. The van der Waals surface area contributed by atoms with Crippen molar-refractivity contribution in [3.63, 3.8) is 0 Å². The Labute approximate surface area is 187 Å². The summed E-state index contributed by atoms with van der Waals surface area (Å²) in [6.07, 6.45) is 13.4. The van der Waals surface area contributed by atoms with E-state index in [1.54, 1.807) is 12.4 Å². The van der Waals surface area contributed by atoms with Crippen LogP contribution in [0, 0.1) is 52.3 Å². The molecule has 4 aliphatic rings. The van der Waals surface area contributed by atoms with Crippen LogP contribution in [0.2, 0.25) is 0 Å². The van der Waals surface area contributed by atoms with Crippen molar-refractivity contribution in [2.24, 2.45) is 40.4 Å². The van der Waals surface area contributed by atoms with Crippen LogP contribution in [0.4, 0.5) is 0 Å². The average Bonchev–Trinajstić information content (AvgIpc) is 3.11. The van der Waals surface area contributed by atoms with E-state index in [0.29, 0.717) is 23.0 Å². The molecule has 1 aromatic heterocycles. The summed E-state index contributed by atoms with van der Waals surface area (Å²) in [5.74, 6) is 9.86. The number of Topliss-reactive ketones (excluding diaryl/α,β-unsaturated/α-hetero) is 1. The molecule has 0 aliphatic heterocycles. The Hall–Kier alpha value is -1.66. The predicted molar refractivity (Wildman–Crippen MR) is 122 cm³/mol. The van der Waals surface area contributed by atoms with E-state index in [4.69, 9.17) is 0 Å². The summed E-state index contributed by atoms with van der Waals surface area (Å²) in [5, 5.41) is 11.3. The minimum absolute atomic E-state index is 0.223. The van der Waals surface area contributed by atoms with Crippen molar-refractivity contribution in [1.82, 2.24) is 4.98 Å². The molecular weight excluding hydrogens is 382 g/mol. The van der Waals surface area contributed by atoms with E-state index < -0.39 is 5.60 Å². The molecule has 1 aromatic rings. The van der Waals surface area contributed by atoms with Crippen LogP contribution in [-0.2, 0) is 4.79 Å². The van der Waals surface area contributed by atoms with Gasteiger partial charge in [0.1, 0.15) is 11.4 Å². The molecule has 31 heavy (non-hydrogen) atoms. The van der Waals surface area contributed by atoms with Crippen LogP contribution >= 0.6 is 0 Å². The zero-order valence-electron chi connectivity index (χ0n) is 19.4. The normalized spacial score (nSPS) is 46.1. The van der Waals surface area contributed by atoms with Gasteiger partial charge in [-0.25, -0.2) is 0 Å². The molecule has 0 bridgehead atoms. The van der Waals surface area contributed by atoms with Gasteiger partial charge in [-0.15, -0.1) is 0 Å². The van der Waals surface area contributed by atoms with Gasteiger partial charge in [-0.05, 0) is 111 Å². The fourth-order valence-electron chi connectivity index (χ4n) is 8.65. The van der Waals surface area contributed by atoms with Gasteiger partial charge in [-0.1, -0.05) is 25.7 Å². The van der Waals surface area contributed by atoms with Crippen molar-refractivity contribution < 1.29 is 9.90 Å². The largest absolute Gasteiger partial charge is 0.378 e. The van der Waals surface area contributed by atoms with E-state index in [1.807, 2.05) is 19.1 Å². The van der Waals surface area contributed by atoms with E-state index in [-0.39, 0.29) is 11.3 Å². The van der Waals surface area contributed by atoms with Crippen LogP contribution in [0.1, 0.15) is 84.1 Å². The molecule has 5 rings (SSSR count). The van der Waals surface area contributed by atoms with E-state index in [1.165, 1.54) is 32.1 Å². The third-order valence-corrected chi connectivity index (χ3v) is 10.3. The maximum absolute atomic E-state index is 12.3. The standard InChI is InChI=1S/C28H37NO2/c1-19(30)23-8-9-24-22-7-6-21-17-28(31,13-10-20-5-4-16-29-18-20)15-14-26(21,2)25(22)11-12-27(23,24)3/h4-5,16,18,21-25,31H,6-9,11-12,14-15,17H2,1-3H3/t21?,22-,23+,24-,25-,26-,27+,28?/m0/s1. The highest BCUT2D eigenvalue weighted by Gasteiger charge is 2.61. The number of hydrogen-bond donors (Lipinski definition) is 1. The molecule has 0 radical (unpaired) electrons. The Morgan fingerprint density at radius 1 is 1.06 bits per heavy atom. The van der Waals surface area contributed by atoms with Crippen molar-refractivity contribution in [2.45, 2.75) is 84.2 Å². The second-order valence-electron chi connectivity index (χ2n) is 11.7. The Kier molecular flexibility index (Phi) is 5.09. The zero-order chi connectivity index (χ0) is 21.9. The molecule has 4 aliphatic carbocycles. The van der Waals surface area contributed by atoms with Crippen LogP contribution < -0.4 is 0 Å². The molecule has 0 aromatic carbocycles. The molecule has 3 nitrogen and oxygen atoms in total.